The third kappa shape index (κ3) is 7.78. The fraction of sp³-hybridized carbons (Fsp3) is 0.393. The summed E-state index contributed by atoms with van der Waals surface area (Å²) in [6, 6.07) is 3.82. The summed E-state index contributed by atoms with van der Waals surface area (Å²) in [6.45, 7) is 4.14. The highest BCUT2D eigenvalue weighted by atomic mass is 19.1. The van der Waals surface area contributed by atoms with Crippen molar-refractivity contribution in [3.63, 3.8) is 0 Å². The SMILES string of the molecule is COC(=O)N[C@@H](CC/C=C/C(=O)N(C)C)C(=O)Nc1cccn(Cc2cc3ncc(F)c(CC(C)C)c3[nH]2)c1=O. The number of halogens is 1. The number of nitrogens with zero attached hydrogens (tertiary/aromatic N) is 3. The number of carbonyl (C=O) groups excluding carboxylic acids is 3. The second-order valence-corrected chi connectivity index (χ2v) is 9.98. The Balaban J connectivity index is 1.78. The van der Waals surface area contributed by atoms with Crippen molar-refractivity contribution < 1.29 is 23.5 Å². The minimum absolute atomic E-state index is 0.0169. The van der Waals surface area contributed by atoms with E-state index in [9.17, 15) is 23.6 Å². The van der Waals surface area contributed by atoms with Gasteiger partial charge >= 0.3 is 6.09 Å². The second-order valence-electron chi connectivity index (χ2n) is 9.98. The van der Waals surface area contributed by atoms with Gasteiger partial charge in [0.05, 0.1) is 30.9 Å². The van der Waals surface area contributed by atoms with Gasteiger partial charge in [0.1, 0.15) is 17.5 Å². The van der Waals surface area contributed by atoms with E-state index in [1.165, 1.54) is 34.9 Å². The zero-order valence-electron chi connectivity index (χ0n) is 23.3. The van der Waals surface area contributed by atoms with Crippen molar-refractivity contribution in [3.05, 3.63) is 70.2 Å². The van der Waals surface area contributed by atoms with E-state index in [1.807, 2.05) is 13.8 Å². The summed E-state index contributed by atoms with van der Waals surface area (Å²) in [5.74, 6) is -0.967. The fourth-order valence-corrected chi connectivity index (χ4v) is 4.07. The van der Waals surface area contributed by atoms with Gasteiger partial charge < -0.3 is 29.8 Å². The number of aromatic nitrogens is 3. The normalized spacial score (nSPS) is 12.1. The van der Waals surface area contributed by atoms with Gasteiger partial charge in [-0.15, -0.1) is 0 Å². The van der Waals surface area contributed by atoms with Crippen molar-refractivity contribution in [1.29, 1.82) is 0 Å². The number of hydrogen-bond acceptors (Lipinski definition) is 6. The average molecular weight is 555 g/mol. The van der Waals surface area contributed by atoms with Crippen LogP contribution in [-0.4, -0.2) is 64.6 Å². The molecule has 3 rings (SSSR count). The zero-order valence-corrected chi connectivity index (χ0v) is 23.3. The lowest BCUT2D eigenvalue weighted by Gasteiger charge is -2.17. The number of likely N-dealkylation sites (N-methyl/N-ethyl adjacent to an activating group) is 1. The van der Waals surface area contributed by atoms with Gasteiger partial charge in [0, 0.05) is 31.5 Å². The lowest BCUT2D eigenvalue weighted by molar-refractivity contribution is -0.123. The first-order valence-corrected chi connectivity index (χ1v) is 12.9. The maximum atomic E-state index is 14.5. The molecule has 0 saturated heterocycles. The quantitative estimate of drug-likeness (QED) is 0.311. The molecule has 0 radical (unpaired) electrons. The van der Waals surface area contributed by atoms with Crippen LogP contribution in [0.4, 0.5) is 14.9 Å². The summed E-state index contributed by atoms with van der Waals surface area (Å²) in [5, 5.41) is 5.04. The summed E-state index contributed by atoms with van der Waals surface area (Å²) >= 11 is 0. The van der Waals surface area contributed by atoms with Gasteiger partial charge in [-0.1, -0.05) is 19.9 Å². The number of amides is 3. The second kappa shape index (κ2) is 13.5. The molecule has 3 aromatic heterocycles. The molecule has 0 saturated carbocycles. The van der Waals surface area contributed by atoms with Crippen LogP contribution in [0, 0.1) is 11.7 Å². The number of hydrogen-bond donors (Lipinski definition) is 3. The van der Waals surface area contributed by atoms with Gasteiger partial charge in [-0.3, -0.25) is 19.4 Å². The number of nitrogens with one attached hydrogen (secondary N) is 3. The van der Waals surface area contributed by atoms with Crippen molar-refractivity contribution in [3.8, 4) is 0 Å². The monoisotopic (exact) mass is 554 g/mol. The molecule has 1 atom stereocenters. The van der Waals surface area contributed by atoms with Gasteiger partial charge in [-0.05, 0) is 49.5 Å². The molecular formula is C28H35FN6O5. The standard InChI is InChI=1S/C28H35FN6O5/c1-17(2)13-19-20(29)15-30-23-14-18(31-25(19)23)16-35-12-8-10-22(27(35)38)32-26(37)21(33-28(39)40-5)9-6-7-11-24(36)34(3)4/h7-8,10-12,14-15,17,21,31H,6,9,13,16H2,1-5H3,(H,32,37)(H,33,39)/b11-7+/t21-/m0/s1. The highest BCUT2D eigenvalue weighted by Gasteiger charge is 2.22. The molecule has 11 nitrogen and oxygen atoms in total. The predicted molar refractivity (Wildman–Crippen MR) is 149 cm³/mol. The molecule has 40 heavy (non-hydrogen) atoms. The van der Waals surface area contributed by atoms with E-state index in [1.54, 1.807) is 38.5 Å². The number of fused-ring (bicyclic) bond motifs is 1. The number of allylic oxidation sites excluding steroid dienone is 1. The van der Waals surface area contributed by atoms with Crippen molar-refractivity contribution >= 4 is 34.6 Å². The van der Waals surface area contributed by atoms with Gasteiger partial charge in [-0.2, -0.15) is 0 Å². The number of carbonyl (C=O) groups is 3. The molecule has 214 valence electrons. The number of aromatic amines is 1. The van der Waals surface area contributed by atoms with Crippen molar-refractivity contribution in [2.45, 2.75) is 45.7 Å². The summed E-state index contributed by atoms with van der Waals surface area (Å²) in [4.78, 5) is 58.5. The molecule has 0 aliphatic carbocycles. The largest absolute Gasteiger partial charge is 0.453 e. The molecule has 0 aromatic carbocycles. The summed E-state index contributed by atoms with van der Waals surface area (Å²) in [7, 11) is 4.41. The predicted octanol–water partition coefficient (Wildman–Crippen LogP) is 3.20. The molecule has 3 aromatic rings. The molecule has 0 aliphatic rings. The average Bonchev–Trinajstić information content (AvgIpc) is 3.32. The van der Waals surface area contributed by atoms with Crippen LogP contribution in [0.3, 0.4) is 0 Å². The molecule has 3 amide bonds. The minimum atomic E-state index is -1.02. The Morgan fingerprint density at radius 1 is 1.27 bits per heavy atom. The van der Waals surface area contributed by atoms with Gasteiger partial charge in [0.25, 0.3) is 5.56 Å². The molecule has 0 spiro atoms. The van der Waals surface area contributed by atoms with Gasteiger partial charge in [-0.25, -0.2) is 9.18 Å². The zero-order chi connectivity index (χ0) is 29.4. The Kier molecular flexibility index (Phi) is 10.2. The molecular weight excluding hydrogens is 519 g/mol. The van der Waals surface area contributed by atoms with E-state index in [4.69, 9.17) is 0 Å². The van der Waals surface area contributed by atoms with E-state index in [0.717, 1.165) is 0 Å². The Hall–Kier alpha value is -4.48. The third-order valence-corrected chi connectivity index (χ3v) is 6.11. The van der Waals surface area contributed by atoms with Crippen LogP contribution in [-0.2, 0) is 27.3 Å². The number of H-pyrrole nitrogens is 1. The van der Waals surface area contributed by atoms with E-state index in [2.05, 4.69) is 25.3 Å². The number of ether oxygens (including phenoxy) is 1. The van der Waals surface area contributed by atoms with Gasteiger partial charge in [0.15, 0.2) is 0 Å². The van der Waals surface area contributed by atoms with E-state index < -0.39 is 23.6 Å². The Morgan fingerprint density at radius 3 is 2.70 bits per heavy atom. The topological polar surface area (TPSA) is 138 Å². The maximum absolute atomic E-state index is 14.5. The third-order valence-electron chi connectivity index (χ3n) is 6.11. The van der Waals surface area contributed by atoms with E-state index in [-0.39, 0.29) is 36.3 Å². The highest BCUT2D eigenvalue weighted by molar-refractivity contribution is 5.96. The number of anilines is 1. The van der Waals surface area contributed by atoms with Crippen molar-refractivity contribution in [1.82, 2.24) is 24.8 Å². The first-order chi connectivity index (χ1) is 19.0. The van der Waals surface area contributed by atoms with Crippen molar-refractivity contribution in [2.75, 3.05) is 26.5 Å². The lowest BCUT2D eigenvalue weighted by atomic mass is 10.0. The number of alkyl carbamates (subject to hydrolysis) is 1. The molecule has 0 unspecified atom stereocenters. The van der Waals surface area contributed by atoms with Crippen LogP contribution < -0.4 is 16.2 Å². The first-order valence-electron chi connectivity index (χ1n) is 12.9. The molecule has 0 aliphatic heterocycles. The number of pyridine rings is 2. The fourth-order valence-electron chi connectivity index (χ4n) is 4.07. The number of methoxy groups -OCH3 is 1. The van der Waals surface area contributed by atoms with Gasteiger partial charge in [0.2, 0.25) is 11.8 Å². The molecule has 0 fully saturated rings. The maximum Gasteiger partial charge on any atom is 0.407 e. The summed E-state index contributed by atoms with van der Waals surface area (Å²) in [6.07, 6.45) is 5.96. The Labute approximate surface area is 231 Å². The van der Waals surface area contributed by atoms with Crippen LogP contribution in [0.5, 0.6) is 0 Å². The number of rotatable bonds is 11. The summed E-state index contributed by atoms with van der Waals surface area (Å²) < 4.78 is 20.5. The lowest BCUT2D eigenvalue weighted by Crippen LogP contribution is -2.44. The molecule has 0 bridgehead atoms. The van der Waals surface area contributed by atoms with Crippen LogP contribution in [0.15, 0.2) is 47.5 Å². The van der Waals surface area contributed by atoms with Crippen LogP contribution in [0.25, 0.3) is 11.0 Å². The Bertz CT molecular complexity index is 1460. The molecule has 3 N–H and O–H groups in total. The Morgan fingerprint density at radius 2 is 2.02 bits per heavy atom. The van der Waals surface area contributed by atoms with E-state index >= 15 is 0 Å². The molecule has 12 heteroatoms. The van der Waals surface area contributed by atoms with Crippen LogP contribution >= 0.6 is 0 Å². The first kappa shape index (κ1) is 30.1. The summed E-state index contributed by atoms with van der Waals surface area (Å²) in [5.41, 5.74) is 1.94. The van der Waals surface area contributed by atoms with Crippen molar-refractivity contribution in [2.24, 2.45) is 5.92 Å². The minimum Gasteiger partial charge on any atom is -0.453 e. The van der Waals surface area contributed by atoms with Crippen LogP contribution in [0.2, 0.25) is 0 Å². The van der Waals surface area contributed by atoms with E-state index in [0.29, 0.717) is 35.1 Å². The van der Waals surface area contributed by atoms with Crippen LogP contribution in [0.1, 0.15) is 37.9 Å². The highest BCUT2D eigenvalue weighted by Crippen LogP contribution is 2.23. The smallest absolute Gasteiger partial charge is 0.407 e. The molecule has 3 heterocycles.